The van der Waals surface area contributed by atoms with Crippen molar-refractivity contribution in [3.8, 4) is 6.07 Å². The number of hydrogen-bond acceptors (Lipinski definition) is 6. The van der Waals surface area contributed by atoms with Gasteiger partial charge in [-0.15, -0.1) is 0 Å². The molecule has 3 rings (SSSR count). The first-order valence-corrected chi connectivity index (χ1v) is 8.50. The van der Waals surface area contributed by atoms with Gasteiger partial charge in [-0.1, -0.05) is 0 Å². The Bertz CT molecular complexity index is 835. The van der Waals surface area contributed by atoms with Crippen LogP contribution in [0.3, 0.4) is 0 Å². The van der Waals surface area contributed by atoms with Crippen LogP contribution in [-0.2, 0) is 15.9 Å². The van der Waals surface area contributed by atoms with Crippen molar-refractivity contribution in [1.29, 1.82) is 5.26 Å². The first-order chi connectivity index (χ1) is 11.9. The quantitative estimate of drug-likeness (QED) is 0.794. The molecule has 2 aromatic heterocycles. The highest BCUT2D eigenvalue weighted by Gasteiger charge is 2.30. The number of hydrogen-bond donors (Lipinski definition) is 0. The lowest BCUT2D eigenvalue weighted by atomic mass is 9.85. The third kappa shape index (κ3) is 3.49. The van der Waals surface area contributed by atoms with Gasteiger partial charge in [-0.25, -0.2) is 14.3 Å². The van der Waals surface area contributed by atoms with Crippen LogP contribution in [0.2, 0.25) is 0 Å². The Morgan fingerprint density at radius 1 is 1.56 bits per heavy atom. The van der Waals surface area contributed by atoms with Crippen LogP contribution in [-0.4, -0.2) is 39.4 Å². The Morgan fingerprint density at radius 2 is 2.36 bits per heavy atom. The molecule has 25 heavy (non-hydrogen) atoms. The van der Waals surface area contributed by atoms with Crippen LogP contribution in [0.25, 0.3) is 5.65 Å². The van der Waals surface area contributed by atoms with E-state index >= 15 is 0 Å². The summed E-state index contributed by atoms with van der Waals surface area (Å²) in [6, 6.07) is 2.07. The maximum absolute atomic E-state index is 12.1. The lowest BCUT2D eigenvalue weighted by Crippen LogP contribution is -2.33. The van der Waals surface area contributed by atoms with Crippen LogP contribution in [0.5, 0.6) is 0 Å². The van der Waals surface area contributed by atoms with Gasteiger partial charge in [0, 0.05) is 24.6 Å². The molecule has 132 valence electrons. The van der Waals surface area contributed by atoms with Crippen LogP contribution < -0.4 is 0 Å². The minimum Gasteiger partial charge on any atom is -0.461 e. The van der Waals surface area contributed by atoms with Gasteiger partial charge >= 0.3 is 5.97 Å². The van der Waals surface area contributed by atoms with Gasteiger partial charge in [0.15, 0.2) is 11.3 Å². The third-order valence-corrected chi connectivity index (χ3v) is 4.48. The summed E-state index contributed by atoms with van der Waals surface area (Å²) in [7, 11) is 0. The predicted molar refractivity (Wildman–Crippen MR) is 90.3 cm³/mol. The van der Waals surface area contributed by atoms with E-state index in [0.717, 1.165) is 18.4 Å². The normalized spacial score (nSPS) is 19.5. The zero-order valence-electron chi connectivity index (χ0n) is 14.8. The van der Waals surface area contributed by atoms with Gasteiger partial charge in [0.25, 0.3) is 0 Å². The molecule has 1 unspecified atom stereocenters. The van der Waals surface area contributed by atoms with Gasteiger partial charge in [0.2, 0.25) is 0 Å². The summed E-state index contributed by atoms with van der Waals surface area (Å²) in [5, 5.41) is 13.4. The van der Waals surface area contributed by atoms with Crippen molar-refractivity contribution in [2.45, 2.75) is 51.6 Å². The van der Waals surface area contributed by atoms with Crippen molar-refractivity contribution in [1.82, 2.24) is 14.6 Å². The molecule has 0 spiro atoms. The van der Waals surface area contributed by atoms with E-state index in [4.69, 9.17) is 14.7 Å². The molecular weight excluding hydrogens is 320 g/mol. The Morgan fingerprint density at radius 3 is 3.04 bits per heavy atom. The molecule has 0 aromatic carbocycles. The second-order valence-electron chi connectivity index (χ2n) is 6.84. The first-order valence-electron chi connectivity index (χ1n) is 8.50. The fraction of sp³-hybridized carbons (Fsp3) is 0.556. The smallest absolute Gasteiger partial charge is 0.359 e. The van der Waals surface area contributed by atoms with E-state index < -0.39 is 5.97 Å². The maximum Gasteiger partial charge on any atom is 0.359 e. The van der Waals surface area contributed by atoms with Crippen LogP contribution in [0.15, 0.2) is 12.4 Å². The monoisotopic (exact) mass is 342 g/mol. The molecule has 7 heteroatoms. The van der Waals surface area contributed by atoms with Crippen LogP contribution >= 0.6 is 0 Å². The number of nitriles is 1. The molecular formula is C18H22N4O3. The highest BCUT2D eigenvalue weighted by Crippen LogP contribution is 2.35. The van der Waals surface area contributed by atoms with E-state index in [0.29, 0.717) is 23.7 Å². The number of esters is 1. The van der Waals surface area contributed by atoms with Gasteiger partial charge in [-0.05, 0) is 45.1 Å². The molecule has 0 aliphatic carbocycles. The van der Waals surface area contributed by atoms with Crippen molar-refractivity contribution in [2.24, 2.45) is 0 Å². The van der Waals surface area contributed by atoms with Crippen molar-refractivity contribution < 1.29 is 14.3 Å². The first kappa shape index (κ1) is 17.4. The number of fused-ring (bicyclic) bond motifs is 1. The van der Waals surface area contributed by atoms with Crippen molar-refractivity contribution >= 4 is 11.6 Å². The van der Waals surface area contributed by atoms with Crippen LogP contribution in [0.1, 0.15) is 61.1 Å². The number of nitrogens with zero attached hydrogens (tertiary/aromatic N) is 4. The van der Waals surface area contributed by atoms with Gasteiger partial charge < -0.3 is 9.47 Å². The second kappa shape index (κ2) is 6.81. The number of rotatable bonds is 4. The molecule has 0 N–H and O–H groups in total. The summed E-state index contributed by atoms with van der Waals surface area (Å²) in [6.07, 6.45) is 5.61. The summed E-state index contributed by atoms with van der Waals surface area (Å²) < 4.78 is 12.4. The highest BCUT2D eigenvalue weighted by atomic mass is 16.5. The topological polar surface area (TPSA) is 89.5 Å². The average molecular weight is 342 g/mol. The zero-order valence-corrected chi connectivity index (χ0v) is 14.8. The molecule has 0 bridgehead atoms. The summed E-state index contributed by atoms with van der Waals surface area (Å²) in [6.45, 7) is 6.88. The maximum atomic E-state index is 12.1. The van der Waals surface area contributed by atoms with Crippen LogP contribution in [0.4, 0.5) is 0 Å². The van der Waals surface area contributed by atoms with E-state index in [1.54, 1.807) is 11.4 Å². The molecule has 1 aliphatic heterocycles. The molecule has 3 heterocycles. The van der Waals surface area contributed by atoms with Gasteiger partial charge in [-0.3, -0.25) is 0 Å². The second-order valence-corrected chi connectivity index (χ2v) is 6.84. The fourth-order valence-corrected chi connectivity index (χ4v) is 3.33. The number of aromatic nitrogens is 3. The Balaban J connectivity index is 2.00. The lowest BCUT2D eigenvalue weighted by Gasteiger charge is -2.35. The molecule has 0 saturated carbocycles. The molecule has 1 aliphatic rings. The fourth-order valence-electron chi connectivity index (χ4n) is 3.33. The number of carbonyl (C=O) groups excluding carboxylic acids is 1. The molecule has 1 saturated heterocycles. The summed E-state index contributed by atoms with van der Waals surface area (Å²) >= 11 is 0. The van der Waals surface area contributed by atoms with E-state index in [-0.39, 0.29) is 24.3 Å². The largest absolute Gasteiger partial charge is 0.461 e. The molecule has 1 fully saturated rings. The molecule has 0 amide bonds. The van der Waals surface area contributed by atoms with E-state index in [1.165, 1.54) is 0 Å². The third-order valence-electron chi connectivity index (χ3n) is 4.48. The molecule has 2 aromatic rings. The lowest BCUT2D eigenvalue weighted by molar-refractivity contribution is -0.0593. The molecule has 7 nitrogen and oxygen atoms in total. The Labute approximate surface area is 146 Å². The van der Waals surface area contributed by atoms with Crippen LogP contribution in [0, 0.1) is 11.3 Å². The molecule has 0 radical (unpaired) electrons. The summed E-state index contributed by atoms with van der Waals surface area (Å²) in [4.78, 5) is 16.6. The van der Waals surface area contributed by atoms with Crippen molar-refractivity contribution in [3.63, 3.8) is 0 Å². The number of carbonyl (C=O) groups is 1. The summed E-state index contributed by atoms with van der Waals surface area (Å²) in [5.74, 6) is -0.192. The Hall–Kier alpha value is -2.46. The van der Waals surface area contributed by atoms with Gasteiger partial charge in [0.05, 0.1) is 24.7 Å². The standard InChI is InChI=1S/C18H22N4O3/c1-4-24-17(23)15-14(5-7-19)16-20-10-13(11-22(16)21-15)12-6-8-25-18(2,3)9-12/h10-12H,4-6,8-9H2,1-3H3. The van der Waals surface area contributed by atoms with E-state index in [9.17, 15) is 4.79 Å². The predicted octanol–water partition coefficient (Wildman–Crippen LogP) is 2.64. The minimum absolute atomic E-state index is 0.0638. The minimum atomic E-state index is -0.521. The van der Waals surface area contributed by atoms with Crippen molar-refractivity contribution in [2.75, 3.05) is 13.2 Å². The van der Waals surface area contributed by atoms with E-state index in [2.05, 4.69) is 30.0 Å². The Kier molecular flexibility index (Phi) is 4.73. The van der Waals surface area contributed by atoms with Crippen molar-refractivity contribution in [3.05, 3.63) is 29.2 Å². The zero-order chi connectivity index (χ0) is 18.0. The average Bonchev–Trinajstić information content (AvgIpc) is 2.92. The van der Waals surface area contributed by atoms with Gasteiger partial charge in [0.1, 0.15) is 0 Å². The number of ether oxygens (including phenoxy) is 2. The van der Waals surface area contributed by atoms with Gasteiger partial charge in [-0.2, -0.15) is 10.4 Å². The highest BCUT2D eigenvalue weighted by molar-refractivity contribution is 5.91. The SMILES string of the molecule is CCOC(=O)c1nn2cc(C3CCOC(C)(C)C3)cnc2c1CC#N. The summed E-state index contributed by atoms with van der Waals surface area (Å²) in [5.41, 5.74) is 2.11. The molecule has 1 atom stereocenters. The van der Waals surface area contributed by atoms with E-state index in [1.807, 2.05) is 12.4 Å².